The first-order valence-electron chi connectivity index (χ1n) is 12.7. The first-order valence-corrected chi connectivity index (χ1v) is 12.7. The summed E-state index contributed by atoms with van der Waals surface area (Å²) in [6.07, 6.45) is -1.28. The van der Waals surface area contributed by atoms with Crippen molar-refractivity contribution in [1.29, 1.82) is 5.41 Å². The van der Waals surface area contributed by atoms with Crippen LogP contribution in [0.4, 0.5) is 23.2 Å². The number of aromatic nitrogens is 4. The summed E-state index contributed by atoms with van der Waals surface area (Å²) in [5.41, 5.74) is -0.955. The molecule has 4 aromatic rings. The van der Waals surface area contributed by atoms with Gasteiger partial charge in [-0.25, -0.2) is 24.3 Å². The number of nitrogens with zero attached hydrogens (tertiary/aromatic N) is 5. The van der Waals surface area contributed by atoms with Crippen LogP contribution < -0.4 is 10.1 Å². The number of anilines is 1. The minimum absolute atomic E-state index is 0.00249. The van der Waals surface area contributed by atoms with Crippen LogP contribution in [0.1, 0.15) is 34.2 Å². The van der Waals surface area contributed by atoms with E-state index in [0.29, 0.717) is 30.2 Å². The van der Waals surface area contributed by atoms with Crippen molar-refractivity contribution in [1.82, 2.24) is 24.8 Å². The fourth-order valence-electron chi connectivity index (χ4n) is 4.12. The number of rotatable bonds is 8. The van der Waals surface area contributed by atoms with E-state index in [1.165, 1.54) is 29.6 Å². The molecule has 1 aliphatic heterocycles. The van der Waals surface area contributed by atoms with Crippen molar-refractivity contribution in [2.75, 3.05) is 18.5 Å². The summed E-state index contributed by atoms with van der Waals surface area (Å²) in [5, 5.41) is 10.2. The Labute approximate surface area is 236 Å². The molecule has 0 saturated carbocycles. The highest BCUT2D eigenvalue weighted by molar-refractivity contribution is 6.05. The van der Waals surface area contributed by atoms with Crippen LogP contribution >= 0.6 is 0 Å². The second-order valence-electron chi connectivity index (χ2n) is 9.08. The van der Waals surface area contributed by atoms with Crippen LogP contribution in [0.3, 0.4) is 0 Å². The summed E-state index contributed by atoms with van der Waals surface area (Å²) in [4.78, 5) is 31.5. The van der Waals surface area contributed by atoms with E-state index >= 15 is 0 Å². The second kappa shape index (κ2) is 11.8. The van der Waals surface area contributed by atoms with Gasteiger partial charge < -0.3 is 19.7 Å². The normalized spacial score (nSPS) is 13.2. The van der Waals surface area contributed by atoms with Gasteiger partial charge >= 0.3 is 6.18 Å². The zero-order valence-corrected chi connectivity index (χ0v) is 22.1. The summed E-state index contributed by atoms with van der Waals surface area (Å²) in [5.74, 6) is -0.943. The Morgan fingerprint density at radius 1 is 1.14 bits per heavy atom. The smallest absolute Gasteiger partial charge is 0.416 e. The number of carbonyl (C=O) groups excluding carboxylic acids is 1. The molecule has 2 N–H and O–H groups in total. The molecule has 5 rings (SSSR count). The summed E-state index contributed by atoms with van der Waals surface area (Å²) in [6.45, 7) is 2.49. The van der Waals surface area contributed by atoms with E-state index in [4.69, 9.17) is 14.9 Å². The van der Waals surface area contributed by atoms with Crippen molar-refractivity contribution in [3.63, 3.8) is 0 Å². The molecule has 14 heteroatoms. The number of nitrogens with one attached hydrogen (secondary N) is 2. The number of carbonyl (C=O) groups is 1. The fraction of sp³-hybridized carbons (Fsp3) is 0.214. The zero-order chi connectivity index (χ0) is 29.9. The van der Waals surface area contributed by atoms with E-state index in [1.54, 1.807) is 12.1 Å². The summed E-state index contributed by atoms with van der Waals surface area (Å²) in [7, 11) is 0. The number of pyridine rings is 1. The molecule has 216 valence electrons. The van der Waals surface area contributed by atoms with Gasteiger partial charge in [0.05, 0.1) is 23.2 Å². The Kier molecular flexibility index (Phi) is 7.95. The van der Waals surface area contributed by atoms with Crippen LogP contribution in [-0.4, -0.2) is 49.9 Å². The highest BCUT2D eigenvalue weighted by atomic mass is 19.4. The molecule has 2 aromatic carbocycles. The fourth-order valence-corrected chi connectivity index (χ4v) is 4.12. The monoisotopic (exact) mass is 581 g/mol. The van der Waals surface area contributed by atoms with Crippen molar-refractivity contribution in [3.05, 3.63) is 89.4 Å². The lowest BCUT2D eigenvalue weighted by Crippen LogP contribution is -2.25. The van der Waals surface area contributed by atoms with Crippen molar-refractivity contribution in [2.24, 2.45) is 0 Å². The molecule has 0 bridgehead atoms. The Balaban J connectivity index is 1.43. The average Bonchev–Trinajstić information content (AvgIpc) is 3.38. The lowest BCUT2D eigenvalue weighted by Gasteiger charge is -2.19. The third kappa shape index (κ3) is 6.27. The molecule has 0 atom stereocenters. The third-order valence-electron chi connectivity index (χ3n) is 6.28. The molecule has 10 nitrogen and oxygen atoms in total. The quantitative estimate of drug-likeness (QED) is 0.263. The number of benzene rings is 2. The van der Waals surface area contributed by atoms with Gasteiger partial charge in [-0.3, -0.25) is 10.2 Å². The first kappa shape index (κ1) is 28.4. The maximum Gasteiger partial charge on any atom is 0.416 e. The van der Waals surface area contributed by atoms with Gasteiger partial charge in [0.2, 0.25) is 5.88 Å². The third-order valence-corrected chi connectivity index (χ3v) is 6.28. The Bertz CT molecular complexity index is 1650. The Morgan fingerprint density at radius 3 is 2.71 bits per heavy atom. The topological polar surface area (TPSA) is 126 Å². The molecule has 0 radical (unpaired) electrons. The summed E-state index contributed by atoms with van der Waals surface area (Å²) >= 11 is 0. The number of ether oxygens (including phenoxy) is 2. The molecule has 0 spiro atoms. The number of aryl methyl sites for hydroxylation is 1. The summed E-state index contributed by atoms with van der Waals surface area (Å²) in [6, 6.07) is 9.44. The zero-order valence-electron chi connectivity index (χ0n) is 22.1. The second-order valence-corrected chi connectivity index (χ2v) is 9.08. The van der Waals surface area contributed by atoms with Gasteiger partial charge in [0.15, 0.2) is 5.82 Å². The van der Waals surface area contributed by atoms with Gasteiger partial charge in [-0.1, -0.05) is 13.0 Å². The molecule has 42 heavy (non-hydrogen) atoms. The molecule has 1 aliphatic rings. The predicted molar refractivity (Wildman–Crippen MR) is 142 cm³/mol. The lowest BCUT2D eigenvalue weighted by molar-refractivity contribution is -0.137. The predicted octanol–water partition coefficient (Wildman–Crippen LogP) is 5.47. The number of amides is 1. The number of alkyl halides is 3. The van der Waals surface area contributed by atoms with Gasteiger partial charge in [-0.05, 0) is 48.0 Å². The highest BCUT2D eigenvalue weighted by Gasteiger charge is 2.32. The highest BCUT2D eigenvalue weighted by Crippen LogP contribution is 2.34. The maximum absolute atomic E-state index is 14.8. The average molecular weight is 582 g/mol. The molecular weight excluding hydrogens is 558 g/mol. The molecule has 2 aromatic heterocycles. The van der Waals surface area contributed by atoms with Crippen LogP contribution in [0.15, 0.2) is 61.1 Å². The van der Waals surface area contributed by atoms with Gasteiger partial charge in [0, 0.05) is 24.8 Å². The van der Waals surface area contributed by atoms with Gasteiger partial charge in [-0.15, -0.1) is 0 Å². The Morgan fingerprint density at radius 2 is 1.98 bits per heavy atom. The maximum atomic E-state index is 14.8. The SMILES string of the molecule is CCc1ncnc(-c2cccnc2Oc2ccc(F)c(C(=O)Nc3cc(C(F)(F)F)ccc3CN3CCOC3=N)c2)n1. The van der Waals surface area contributed by atoms with E-state index < -0.39 is 29.0 Å². The van der Waals surface area contributed by atoms with E-state index in [2.05, 4.69) is 25.3 Å². The van der Waals surface area contributed by atoms with Crippen molar-refractivity contribution in [2.45, 2.75) is 26.1 Å². The van der Waals surface area contributed by atoms with Crippen LogP contribution in [0.2, 0.25) is 0 Å². The van der Waals surface area contributed by atoms with Crippen molar-refractivity contribution < 1.29 is 31.8 Å². The Hall–Kier alpha value is -5.14. The van der Waals surface area contributed by atoms with Crippen molar-refractivity contribution >= 4 is 17.6 Å². The molecule has 3 heterocycles. The van der Waals surface area contributed by atoms with Crippen LogP contribution in [0.5, 0.6) is 11.6 Å². The molecule has 1 saturated heterocycles. The van der Waals surface area contributed by atoms with E-state index in [-0.39, 0.29) is 42.1 Å². The minimum atomic E-state index is -4.68. The lowest BCUT2D eigenvalue weighted by atomic mass is 10.1. The summed E-state index contributed by atoms with van der Waals surface area (Å²) < 4.78 is 66.2. The standard InChI is InChI=1S/C28H23F4N7O3/c1-2-23-35-15-36-24(38-23)19-4-3-9-34-26(19)42-18-7-8-21(29)20(13-18)25(40)37-22-12-17(28(30,31)32)6-5-16(22)14-39-10-11-41-27(39)33/h3-9,12-13,15,33H,2,10-11,14H2,1H3,(H,37,40). The molecule has 0 aliphatic carbocycles. The largest absolute Gasteiger partial charge is 0.463 e. The van der Waals surface area contributed by atoms with E-state index in [9.17, 15) is 22.4 Å². The molecule has 1 fully saturated rings. The number of amidine groups is 1. The van der Waals surface area contributed by atoms with E-state index in [0.717, 1.165) is 24.3 Å². The van der Waals surface area contributed by atoms with Crippen molar-refractivity contribution in [3.8, 4) is 23.0 Å². The van der Waals surface area contributed by atoms with Gasteiger partial charge in [0.25, 0.3) is 11.9 Å². The van der Waals surface area contributed by atoms with Crippen LogP contribution in [0.25, 0.3) is 11.4 Å². The van der Waals surface area contributed by atoms with Crippen LogP contribution in [-0.2, 0) is 23.9 Å². The molecular formula is C28H23F4N7O3. The number of halogens is 4. The molecule has 0 unspecified atom stereocenters. The van der Waals surface area contributed by atoms with Gasteiger partial charge in [0.1, 0.15) is 30.3 Å². The number of hydrogen-bond donors (Lipinski definition) is 2. The van der Waals surface area contributed by atoms with E-state index in [1.807, 2.05) is 6.92 Å². The number of hydrogen-bond acceptors (Lipinski definition) is 8. The van der Waals surface area contributed by atoms with Crippen LogP contribution in [0, 0.1) is 11.2 Å². The molecule has 1 amide bonds. The minimum Gasteiger partial charge on any atom is -0.463 e. The van der Waals surface area contributed by atoms with Gasteiger partial charge in [-0.2, -0.15) is 13.2 Å². The first-order chi connectivity index (χ1) is 20.1.